The van der Waals surface area contributed by atoms with Crippen molar-refractivity contribution in [1.82, 2.24) is 9.27 Å². The Labute approximate surface area is 126 Å². The number of carbonyl (C=O) groups excluding carboxylic acids is 1. The zero-order valence-corrected chi connectivity index (χ0v) is 12.3. The molecule has 1 aliphatic rings. The van der Waals surface area contributed by atoms with Crippen molar-refractivity contribution in [3.63, 3.8) is 0 Å². The van der Waals surface area contributed by atoms with E-state index in [1.807, 2.05) is 24.3 Å². The maximum atomic E-state index is 12.6. The summed E-state index contributed by atoms with van der Waals surface area (Å²) in [5.74, 6) is -1.23. The van der Waals surface area contributed by atoms with Crippen LogP contribution in [-0.2, 0) is 17.8 Å². The fraction of sp³-hybridized carbons (Fsp3) is 0.267. The van der Waals surface area contributed by atoms with Crippen molar-refractivity contribution in [2.24, 2.45) is 0 Å². The Morgan fingerprint density at radius 3 is 2.67 bits per heavy atom. The lowest BCUT2D eigenvalue weighted by Crippen LogP contribution is -2.48. The Morgan fingerprint density at radius 2 is 2.05 bits per heavy atom. The molecule has 1 N–H and O–H groups in total. The van der Waals surface area contributed by atoms with Crippen molar-refractivity contribution in [3.8, 4) is 0 Å². The lowest BCUT2D eigenvalue weighted by Gasteiger charge is -2.34. The van der Waals surface area contributed by atoms with Crippen LogP contribution in [0.25, 0.3) is 0 Å². The molecule has 0 spiro atoms. The molecule has 1 aromatic carbocycles. The van der Waals surface area contributed by atoms with Gasteiger partial charge < -0.3 is 10.0 Å². The molecule has 21 heavy (non-hydrogen) atoms. The number of aliphatic carboxylic acids is 1. The first-order valence-electron chi connectivity index (χ1n) is 6.59. The third kappa shape index (κ3) is 2.42. The SMILES string of the molecule is Cc1nscc1C(=O)N1Cc2ccccc2C[C@H]1C(=O)O. The summed E-state index contributed by atoms with van der Waals surface area (Å²) < 4.78 is 4.09. The smallest absolute Gasteiger partial charge is 0.326 e. The number of hydrogen-bond donors (Lipinski definition) is 1. The number of nitrogens with zero attached hydrogens (tertiary/aromatic N) is 2. The number of hydrogen-bond acceptors (Lipinski definition) is 4. The zero-order chi connectivity index (χ0) is 15.0. The van der Waals surface area contributed by atoms with E-state index in [4.69, 9.17) is 0 Å². The van der Waals surface area contributed by atoms with Gasteiger partial charge in [0, 0.05) is 18.3 Å². The fourth-order valence-electron chi connectivity index (χ4n) is 2.61. The average molecular weight is 302 g/mol. The van der Waals surface area contributed by atoms with Crippen molar-refractivity contribution in [3.05, 3.63) is 52.0 Å². The van der Waals surface area contributed by atoms with Gasteiger partial charge in [-0.25, -0.2) is 4.79 Å². The highest BCUT2D eigenvalue weighted by molar-refractivity contribution is 7.03. The van der Waals surface area contributed by atoms with Crippen LogP contribution in [0.4, 0.5) is 0 Å². The topological polar surface area (TPSA) is 70.5 Å². The van der Waals surface area contributed by atoms with E-state index in [0.717, 1.165) is 11.1 Å². The first-order chi connectivity index (χ1) is 10.1. The van der Waals surface area contributed by atoms with Crippen molar-refractivity contribution >= 4 is 23.4 Å². The number of carboxylic acid groups (broad SMARTS) is 1. The van der Waals surface area contributed by atoms with Crippen LogP contribution in [0.15, 0.2) is 29.6 Å². The summed E-state index contributed by atoms with van der Waals surface area (Å²) in [6.07, 6.45) is 0.341. The summed E-state index contributed by atoms with van der Waals surface area (Å²) in [6.45, 7) is 2.08. The molecule has 3 rings (SSSR count). The van der Waals surface area contributed by atoms with Gasteiger partial charge in [0.05, 0.1) is 11.3 Å². The lowest BCUT2D eigenvalue weighted by atomic mass is 9.93. The molecule has 0 saturated carbocycles. The van der Waals surface area contributed by atoms with Gasteiger partial charge in [-0.1, -0.05) is 24.3 Å². The monoisotopic (exact) mass is 302 g/mol. The Bertz CT molecular complexity index is 710. The van der Waals surface area contributed by atoms with E-state index >= 15 is 0 Å². The number of rotatable bonds is 2. The predicted octanol–water partition coefficient (Wildman–Crippen LogP) is 2.10. The van der Waals surface area contributed by atoms with Crippen LogP contribution in [-0.4, -0.2) is 32.3 Å². The van der Waals surface area contributed by atoms with Crippen LogP contribution in [0, 0.1) is 6.92 Å². The molecule has 108 valence electrons. The van der Waals surface area contributed by atoms with E-state index in [0.29, 0.717) is 24.2 Å². The van der Waals surface area contributed by atoms with E-state index in [9.17, 15) is 14.7 Å². The molecular formula is C15H14N2O3S. The molecule has 1 amide bonds. The Balaban J connectivity index is 1.98. The summed E-state index contributed by atoms with van der Waals surface area (Å²) in [6, 6.07) is 6.82. The van der Waals surface area contributed by atoms with Gasteiger partial charge in [-0.2, -0.15) is 4.37 Å². The van der Waals surface area contributed by atoms with Crippen LogP contribution in [0.3, 0.4) is 0 Å². The highest BCUT2D eigenvalue weighted by Crippen LogP contribution is 2.26. The minimum Gasteiger partial charge on any atom is -0.480 e. The van der Waals surface area contributed by atoms with Gasteiger partial charge >= 0.3 is 5.97 Å². The first-order valence-corrected chi connectivity index (χ1v) is 7.43. The molecule has 0 unspecified atom stereocenters. The largest absolute Gasteiger partial charge is 0.480 e. The molecule has 1 aliphatic heterocycles. The first kappa shape index (κ1) is 13.8. The Hall–Kier alpha value is -2.21. The van der Waals surface area contributed by atoms with E-state index in [-0.39, 0.29) is 5.91 Å². The van der Waals surface area contributed by atoms with Crippen LogP contribution < -0.4 is 0 Å². The number of aryl methyl sites for hydroxylation is 1. The molecule has 6 heteroatoms. The van der Waals surface area contributed by atoms with Crippen molar-refractivity contribution in [1.29, 1.82) is 0 Å². The van der Waals surface area contributed by atoms with Gasteiger partial charge in [-0.05, 0) is 29.6 Å². The van der Waals surface area contributed by atoms with Gasteiger partial charge in [0.25, 0.3) is 5.91 Å². The molecule has 0 aliphatic carbocycles. The molecule has 0 saturated heterocycles. The molecule has 0 radical (unpaired) electrons. The van der Waals surface area contributed by atoms with Crippen LogP contribution in [0.5, 0.6) is 0 Å². The number of amides is 1. The third-order valence-electron chi connectivity index (χ3n) is 3.77. The summed E-state index contributed by atoms with van der Waals surface area (Å²) in [7, 11) is 0. The van der Waals surface area contributed by atoms with E-state index in [1.54, 1.807) is 12.3 Å². The number of aromatic nitrogens is 1. The fourth-order valence-corrected chi connectivity index (χ4v) is 3.30. The minimum atomic E-state index is -0.973. The summed E-state index contributed by atoms with van der Waals surface area (Å²) in [4.78, 5) is 25.6. The molecule has 2 heterocycles. The summed E-state index contributed by atoms with van der Waals surface area (Å²) in [5.41, 5.74) is 3.14. The molecule has 0 bridgehead atoms. The van der Waals surface area contributed by atoms with Gasteiger partial charge in [-0.3, -0.25) is 4.79 Å². The highest BCUT2D eigenvalue weighted by atomic mass is 32.1. The van der Waals surface area contributed by atoms with Gasteiger partial charge in [0.15, 0.2) is 0 Å². The van der Waals surface area contributed by atoms with Crippen molar-refractivity contribution < 1.29 is 14.7 Å². The second-order valence-electron chi connectivity index (χ2n) is 5.07. The minimum absolute atomic E-state index is 0.261. The summed E-state index contributed by atoms with van der Waals surface area (Å²) in [5, 5.41) is 11.1. The van der Waals surface area contributed by atoms with Crippen LogP contribution >= 0.6 is 11.5 Å². The predicted molar refractivity (Wildman–Crippen MR) is 78.3 cm³/mol. The molecular weight excluding hydrogens is 288 g/mol. The summed E-state index contributed by atoms with van der Waals surface area (Å²) >= 11 is 1.21. The average Bonchev–Trinajstić information content (AvgIpc) is 2.91. The highest BCUT2D eigenvalue weighted by Gasteiger charge is 2.35. The Morgan fingerprint density at radius 1 is 1.33 bits per heavy atom. The van der Waals surface area contributed by atoms with E-state index < -0.39 is 12.0 Å². The zero-order valence-electron chi connectivity index (χ0n) is 11.4. The number of fused-ring (bicyclic) bond motifs is 1. The second-order valence-corrected chi connectivity index (χ2v) is 5.70. The second kappa shape index (κ2) is 5.29. The van der Waals surface area contributed by atoms with Gasteiger partial charge in [-0.15, -0.1) is 0 Å². The van der Waals surface area contributed by atoms with Crippen LogP contribution in [0.1, 0.15) is 27.2 Å². The standard InChI is InChI=1S/C15H14N2O3S/c1-9-12(8-21-16-9)14(18)17-7-11-5-3-2-4-10(11)6-13(17)15(19)20/h2-5,8,13H,6-7H2,1H3,(H,19,20)/t13-/m0/s1. The number of benzene rings is 1. The lowest BCUT2D eigenvalue weighted by molar-refractivity contribution is -0.142. The third-order valence-corrected chi connectivity index (χ3v) is 4.50. The quantitative estimate of drug-likeness (QED) is 0.922. The maximum absolute atomic E-state index is 12.6. The van der Waals surface area contributed by atoms with Gasteiger partial charge in [0.1, 0.15) is 6.04 Å². The van der Waals surface area contributed by atoms with Crippen molar-refractivity contribution in [2.45, 2.75) is 25.9 Å². The maximum Gasteiger partial charge on any atom is 0.326 e. The van der Waals surface area contributed by atoms with E-state index in [2.05, 4.69) is 4.37 Å². The molecule has 2 aromatic rings. The van der Waals surface area contributed by atoms with Gasteiger partial charge in [0.2, 0.25) is 0 Å². The van der Waals surface area contributed by atoms with Crippen LogP contribution in [0.2, 0.25) is 0 Å². The normalized spacial score (nSPS) is 17.4. The van der Waals surface area contributed by atoms with Crippen molar-refractivity contribution in [2.75, 3.05) is 0 Å². The van der Waals surface area contributed by atoms with E-state index in [1.165, 1.54) is 16.4 Å². The molecule has 1 atom stereocenters. The molecule has 0 fully saturated rings. The molecule has 1 aromatic heterocycles. The number of carbonyl (C=O) groups is 2. The number of carboxylic acids is 1. The molecule has 5 nitrogen and oxygen atoms in total. The Kier molecular flexibility index (Phi) is 3.47.